The zero-order valence-electron chi connectivity index (χ0n) is 15.1. The van der Waals surface area contributed by atoms with E-state index in [0.29, 0.717) is 6.54 Å². The fourth-order valence-corrected chi connectivity index (χ4v) is 3.69. The predicted octanol–water partition coefficient (Wildman–Crippen LogP) is 3.42. The summed E-state index contributed by atoms with van der Waals surface area (Å²) in [5.41, 5.74) is 3.59. The molecule has 0 unspecified atom stereocenters. The van der Waals surface area contributed by atoms with Crippen molar-refractivity contribution in [2.24, 2.45) is 0 Å². The maximum absolute atomic E-state index is 12.1. The van der Waals surface area contributed by atoms with E-state index < -0.39 is 0 Å². The first-order valence-corrected chi connectivity index (χ1v) is 9.52. The summed E-state index contributed by atoms with van der Waals surface area (Å²) in [5, 5.41) is 5.99. The molecule has 1 aliphatic heterocycles. The van der Waals surface area contributed by atoms with Crippen molar-refractivity contribution in [2.75, 3.05) is 13.1 Å². The molecule has 1 aromatic heterocycles. The lowest BCUT2D eigenvalue weighted by Gasteiger charge is -2.41. The summed E-state index contributed by atoms with van der Waals surface area (Å²) in [6, 6.07) is 8.62. The van der Waals surface area contributed by atoms with E-state index in [0.717, 1.165) is 30.2 Å². The van der Waals surface area contributed by atoms with E-state index in [1.807, 2.05) is 12.3 Å². The molecule has 3 rings (SSSR count). The van der Waals surface area contributed by atoms with Crippen LogP contribution in [0.2, 0.25) is 0 Å². The van der Waals surface area contributed by atoms with E-state index in [9.17, 15) is 4.79 Å². The van der Waals surface area contributed by atoms with Crippen molar-refractivity contribution in [1.82, 2.24) is 15.2 Å². The van der Waals surface area contributed by atoms with Crippen LogP contribution >= 0.6 is 11.3 Å². The Morgan fingerprint density at radius 2 is 2.12 bits per heavy atom. The number of aryl methyl sites for hydroxylation is 1. The summed E-state index contributed by atoms with van der Waals surface area (Å²) in [5.74, 6) is -0.0730. The van der Waals surface area contributed by atoms with Gasteiger partial charge in [-0.1, -0.05) is 24.3 Å². The Morgan fingerprint density at radius 1 is 1.36 bits per heavy atom. The van der Waals surface area contributed by atoms with E-state index in [4.69, 9.17) is 0 Å². The number of nitrogens with zero attached hydrogens (tertiary/aromatic N) is 2. The molecule has 0 fully saturated rings. The molecule has 5 heteroatoms. The Morgan fingerprint density at radius 3 is 2.84 bits per heavy atom. The largest absolute Gasteiger partial charge is 0.351 e. The number of benzene rings is 1. The summed E-state index contributed by atoms with van der Waals surface area (Å²) in [7, 11) is 0. The van der Waals surface area contributed by atoms with Crippen molar-refractivity contribution in [1.29, 1.82) is 0 Å². The number of carbonyl (C=O) groups excluding carboxylic acids is 1. The number of hydrogen-bond donors (Lipinski definition) is 1. The van der Waals surface area contributed by atoms with E-state index in [1.54, 1.807) is 23.5 Å². The third kappa shape index (κ3) is 4.55. The van der Waals surface area contributed by atoms with Gasteiger partial charge in [-0.25, -0.2) is 4.98 Å². The van der Waals surface area contributed by atoms with Crippen LogP contribution in [-0.4, -0.2) is 34.4 Å². The highest BCUT2D eigenvalue weighted by Crippen LogP contribution is 2.24. The molecule has 0 saturated heterocycles. The summed E-state index contributed by atoms with van der Waals surface area (Å²) in [6.07, 6.45) is 4.40. The number of amides is 1. The summed E-state index contributed by atoms with van der Waals surface area (Å²) >= 11 is 1.59. The third-order valence-electron chi connectivity index (χ3n) is 4.72. The topological polar surface area (TPSA) is 45.2 Å². The van der Waals surface area contributed by atoms with Gasteiger partial charge in [-0.15, -0.1) is 11.3 Å². The van der Waals surface area contributed by atoms with Crippen LogP contribution in [-0.2, 0) is 17.8 Å². The first-order chi connectivity index (χ1) is 11.9. The second-order valence-electron chi connectivity index (χ2n) is 7.10. The summed E-state index contributed by atoms with van der Waals surface area (Å²) in [4.78, 5) is 18.9. The minimum absolute atomic E-state index is 0.0730. The van der Waals surface area contributed by atoms with Crippen LogP contribution in [0.5, 0.6) is 0 Å². The molecule has 2 aromatic rings. The Labute approximate surface area is 153 Å². The summed E-state index contributed by atoms with van der Waals surface area (Å²) in [6.45, 7) is 8.92. The van der Waals surface area contributed by atoms with Crippen LogP contribution in [0.25, 0.3) is 6.08 Å². The number of rotatable bonds is 5. The molecule has 25 heavy (non-hydrogen) atoms. The Balaban J connectivity index is 1.55. The molecule has 0 saturated carbocycles. The van der Waals surface area contributed by atoms with E-state index >= 15 is 0 Å². The van der Waals surface area contributed by atoms with Crippen LogP contribution < -0.4 is 5.32 Å². The summed E-state index contributed by atoms with van der Waals surface area (Å²) < 4.78 is 0. The number of fused-ring (bicyclic) bond motifs is 1. The molecular formula is C20H25N3OS. The SMILES string of the molecule is Cc1nc(/C=C/C(=O)NCC(C)(C)N2CCc3ccccc3C2)cs1. The van der Waals surface area contributed by atoms with E-state index in [1.165, 1.54) is 11.1 Å². The van der Waals surface area contributed by atoms with Gasteiger partial charge in [-0.3, -0.25) is 9.69 Å². The number of carbonyl (C=O) groups is 1. The molecule has 4 nitrogen and oxygen atoms in total. The second kappa shape index (κ2) is 7.50. The van der Waals surface area contributed by atoms with Gasteiger partial charge in [0, 0.05) is 36.6 Å². The molecule has 1 aromatic carbocycles. The number of nitrogens with one attached hydrogen (secondary N) is 1. The molecule has 0 bridgehead atoms. The van der Waals surface area contributed by atoms with Gasteiger partial charge in [-0.05, 0) is 44.4 Å². The normalized spacial score (nSPS) is 15.3. The van der Waals surface area contributed by atoms with Crippen molar-refractivity contribution >= 4 is 23.3 Å². The first kappa shape index (κ1) is 17.8. The highest BCUT2D eigenvalue weighted by Gasteiger charge is 2.29. The number of hydrogen-bond acceptors (Lipinski definition) is 4. The molecule has 1 amide bonds. The van der Waals surface area contributed by atoms with Crippen LogP contribution in [0.3, 0.4) is 0 Å². The zero-order valence-corrected chi connectivity index (χ0v) is 15.9. The molecule has 0 atom stereocenters. The smallest absolute Gasteiger partial charge is 0.244 e. The highest BCUT2D eigenvalue weighted by molar-refractivity contribution is 7.09. The molecular weight excluding hydrogens is 330 g/mol. The lowest BCUT2D eigenvalue weighted by Crippen LogP contribution is -2.53. The molecule has 132 valence electrons. The van der Waals surface area contributed by atoms with Gasteiger partial charge >= 0.3 is 0 Å². The third-order valence-corrected chi connectivity index (χ3v) is 5.52. The highest BCUT2D eigenvalue weighted by atomic mass is 32.1. The minimum Gasteiger partial charge on any atom is -0.351 e. The Hall–Kier alpha value is -1.98. The van der Waals surface area contributed by atoms with Crippen molar-refractivity contribution < 1.29 is 4.79 Å². The first-order valence-electron chi connectivity index (χ1n) is 8.64. The van der Waals surface area contributed by atoms with Gasteiger partial charge < -0.3 is 5.32 Å². The second-order valence-corrected chi connectivity index (χ2v) is 8.16. The molecule has 1 aliphatic rings. The molecule has 2 heterocycles. The van der Waals surface area contributed by atoms with Gasteiger partial charge in [0.05, 0.1) is 10.7 Å². The average Bonchev–Trinajstić information content (AvgIpc) is 3.03. The maximum Gasteiger partial charge on any atom is 0.244 e. The van der Waals surface area contributed by atoms with Crippen LogP contribution in [0.1, 0.15) is 35.7 Å². The van der Waals surface area contributed by atoms with Gasteiger partial charge in [0.1, 0.15) is 0 Å². The van der Waals surface area contributed by atoms with Crippen molar-refractivity contribution in [2.45, 2.75) is 39.3 Å². The monoisotopic (exact) mass is 355 g/mol. The molecule has 0 aliphatic carbocycles. The zero-order chi connectivity index (χ0) is 17.9. The lowest BCUT2D eigenvalue weighted by molar-refractivity contribution is -0.117. The Bertz CT molecular complexity index is 779. The van der Waals surface area contributed by atoms with Gasteiger partial charge in [0.2, 0.25) is 5.91 Å². The Kier molecular flexibility index (Phi) is 5.35. The maximum atomic E-state index is 12.1. The quantitative estimate of drug-likeness (QED) is 0.836. The van der Waals surface area contributed by atoms with E-state index in [2.05, 4.69) is 53.3 Å². The van der Waals surface area contributed by atoms with E-state index in [-0.39, 0.29) is 11.4 Å². The lowest BCUT2D eigenvalue weighted by atomic mass is 9.94. The number of thiazole rings is 1. The van der Waals surface area contributed by atoms with Crippen LogP contribution in [0, 0.1) is 6.92 Å². The predicted molar refractivity (Wildman–Crippen MR) is 104 cm³/mol. The van der Waals surface area contributed by atoms with Crippen LogP contribution in [0.4, 0.5) is 0 Å². The van der Waals surface area contributed by atoms with Crippen molar-refractivity contribution in [3.8, 4) is 0 Å². The minimum atomic E-state index is -0.0890. The fourth-order valence-electron chi connectivity index (χ4n) is 3.10. The van der Waals surface area contributed by atoms with Gasteiger partial charge in [-0.2, -0.15) is 0 Å². The van der Waals surface area contributed by atoms with Gasteiger partial charge in [0.15, 0.2) is 0 Å². The molecule has 0 spiro atoms. The van der Waals surface area contributed by atoms with Crippen LogP contribution in [0.15, 0.2) is 35.7 Å². The van der Waals surface area contributed by atoms with Crippen molar-refractivity contribution in [3.05, 3.63) is 57.6 Å². The molecule has 1 N–H and O–H groups in total. The fraction of sp³-hybridized carbons (Fsp3) is 0.400. The van der Waals surface area contributed by atoms with Gasteiger partial charge in [0.25, 0.3) is 0 Å². The average molecular weight is 356 g/mol. The molecule has 0 radical (unpaired) electrons. The number of aromatic nitrogens is 1. The van der Waals surface area contributed by atoms with Crippen molar-refractivity contribution in [3.63, 3.8) is 0 Å². The standard InChI is InChI=1S/C20H25N3OS/c1-15-22-18(13-25-15)8-9-19(24)21-14-20(2,3)23-11-10-16-6-4-5-7-17(16)12-23/h4-9,13H,10-12,14H2,1-3H3,(H,21,24)/b9-8+.